The first-order chi connectivity index (χ1) is 14.1. The van der Waals surface area contributed by atoms with E-state index in [2.05, 4.69) is 15.2 Å². The maximum Gasteiger partial charge on any atom is 0.253 e. The lowest BCUT2D eigenvalue weighted by Gasteiger charge is -2.33. The third-order valence-corrected chi connectivity index (χ3v) is 5.46. The molecule has 1 amide bonds. The van der Waals surface area contributed by atoms with Crippen molar-refractivity contribution in [3.8, 4) is 11.4 Å². The number of piperidine rings is 1. The molecule has 0 bridgehead atoms. The van der Waals surface area contributed by atoms with Crippen molar-refractivity contribution < 1.29 is 13.6 Å². The van der Waals surface area contributed by atoms with Crippen molar-refractivity contribution in [2.45, 2.75) is 25.7 Å². The van der Waals surface area contributed by atoms with Gasteiger partial charge in [0.15, 0.2) is 5.82 Å². The SMILES string of the molecule is O=C(c1ccc(-c2ncn[nH]2)cc1)N1CCC[C@H](CCc2ccc(F)cc2F)C1. The summed E-state index contributed by atoms with van der Waals surface area (Å²) in [7, 11) is 0. The number of aryl methyl sites for hydroxylation is 1. The molecule has 1 fully saturated rings. The van der Waals surface area contributed by atoms with E-state index < -0.39 is 11.6 Å². The van der Waals surface area contributed by atoms with Crippen molar-refractivity contribution in [3.63, 3.8) is 0 Å². The lowest BCUT2D eigenvalue weighted by molar-refractivity contribution is 0.0668. The van der Waals surface area contributed by atoms with Crippen molar-refractivity contribution in [1.82, 2.24) is 20.1 Å². The zero-order valence-electron chi connectivity index (χ0n) is 15.9. The van der Waals surface area contributed by atoms with Crippen LogP contribution >= 0.6 is 0 Å². The molecule has 5 nitrogen and oxygen atoms in total. The number of likely N-dealkylation sites (tertiary alicyclic amines) is 1. The van der Waals surface area contributed by atoms with Gasteiger partial charge >= 0.3 is 0 Å². The number of aromatic nitrogens is 3. The number of benzene rings is 2. The molecule has 1 saturated heterocycles. The highest BCUT2D eigenvalue weighted by Crippen LogP contribution is 2.24. The van der Waals surface area contributed by atoms with Crippen LogP contribution in [0.3, 0.4) is 0 Å². The van der Waals surface area contributed by atoms with Gasteiger partial charge in [0, 0.05) is 30.3 Å². The Balaban J connectivity index is 1.36. The second-order valence-corrected chi connectivity index (χ2v) is 7.45. The maximum atomic E-state index is 13.9. The van der Waals surface area contributed by atoms with Crippen molar-refractivity contribution in [3.05, 3.63) is 71.6 Å². The van der Waals surface area contributed by atoms with E-state index in [1.807, 2.05) is 17.0 Å². The molecule has 0 radical (unpaired) electrons. The minimum atomic E-state index is -0.560. The highest BCUT2D eigenvalue weighted by atomic mass is 19.1. The number of H-pyrrole nitrogens is 1. The summed E-state index contributed by atoms with van der Waals surface area (Å²) in [5.41, 5.74) is 2.04. The Kier molecular flexibility index (Phi) is 5.64. The third kappa shape index (κ3) is 4.50. The molecule has 0 spiro atoms. The first-order valence-corrected chi connectivity index (χ1v) is 9.79. The molecule has 1 aliphatic rings. The van der Waals surface area contributed by atoms with Crippen molar-refractivity contribution >= 4 is 5.91 Å². The molecule has 0 saturated carbocycles. The smallest absolute Gasteiger partial charge is 0.253 e. The number of aromatic amines is 1. The van der Waals surface area contributed by atoms with E-state index in [9.17, 15) is 13.6 Å². The summed E-state index contributed by atoms with van der Waals surface area (Å²) < 4.78 is 26.9. The van der Waals surface area contributed by atoms with Crippen LogP contribution in [0.5, 0.6) is 0 Å². The summed E-state index contributed by atoms with van der Waals surface area (Å²) in [6.07, 6.45) is 4.71. The molecule has 1 N–H and O–H groups in total. The molecule has 3 aromatic rings. The molecule has 0 aliphatic carbocycles. The molecule has 1 aliphatic heterocycles. The van der Waals surface area contributed by atoms with Crippen LogP contribution in [-0.4, -0.2) is 39.1 Å². The van der Waals surface area contributed by atoms with Gasteiger partial charge in [0.1, 0.15) is 18.0 Å². The van der Waals surface area contributed by atoms with E-state index >= 15 is 0 Å². The van der Waals surface area contributed by atoms with Gasteiger partial charge in [0.05, 0.1) is 0 Å². The summed E-state index contributed by atoms with van der Waals surface area (Å²) in [5, 5.41) is 6.64. The highest BCUT2D eigenvalue weighted by molar-refractivity contribution is 5.94. The van der Waals surface area contributed by atoms with E-state index in [1.54, 1.807) is 12.1 Å². The number of nitrogens with zero attached hydrogens (tertiary/aromatic N) is 3. The monoisotopic (exact) mass is 396 g/mol. The van der Waals surface area contributed by atoms with Crippen LogP contribution in [0.1, 0.15) is 35.2 Å². The van der Waals surface area contributed by atoms with Crippen molar-refractivity contribution in [2.75, 3.05) is 13.1 Å². The molecule has 1 atom stereocenters. The number of halogens is 2. The molecule has 2 aromatic carbocycles. The molecular weight excluding hydrogens is 374 g/mol. The second-order valence-electron chi connectivity index (χ2n) is 7.45. The Morgan fingerprint density at radius 2 is 2.00 bits per heavy atom. The fourth-order valence-corrected chi connectivity index (χ4v) is 3.87. The molecule has 1 aromatic heterocycles. The quantitative estimate of drug-likeness (QED) is 0.702. The second kappa shape index (κ2) is 8.51. The lowest BCUT2D eigenvalue weighted by Crippen LogP contribution is -2.40. The van der Waals surface area contributed by atoms with E-state index in [0.29, 0.717) is 35.8 Å². The van der Waals surface area contributed by atoms with Gasteiger partial charge in [0.25, 0.3) is 5.91 Å². The summed E-state index contributed by atoms with van der Waals surface area (Å²) >= 11 is 0. The van der Waals surface area contributed by atoms with E-state index in [1.165, 1.54) is 18.5 Å². The predicted molar refractivity (Wildman–Crippen MR) is 105 cm³/mol. The molecule has 4 rings (SSSR count). The summed E-state index contributed by atoms with van der Waals surface area (Å²) in [5.74, 6) is -0.0805. The molecule has 7 heteroatoms. The Labute approximate surface area is 167 Å². The van der Waals surface area contributed by atoms with Gasteiger partial charge in [-0.25, -0.2) is 13.8 Å². The summed E-state index contributed by atoms with van der Waals surface area (Å²) in [4.78, 5) is 18.9. The number of nitrogens with one attached hydrogen (secondary N) is 1. The molecule has 150 valence electrons. The average Bonchev–Trinajstić information content (AvgIpc) is 3.28. The zero-order chi connectivity index (χ0) is 20.2. The molecular formula is C22H22F2N4O. The molecule has 2 heterocycles. The van der Waals surface area contributed by atoms with Crippen LogP contribution in [-0.2, 0) is 6.42 Å². The fourth-order valence-electron chi connectivity index (χ4n) is 3.87. The van der Waals surface area contributed by atoms with Crippen LogP contribution in [0, 0.1) is 17.6 Å². The summed E-state index contributed by atoms with van der Waals surface area (Å²) in [6, 6.07) is 11.0. The van der Waals surface area contributed by atoms with Gasteiger partial charge in [-0.1, -0.05) is 18.2 Å². The normalized spacial score (nSPS) is 16.8. The minimum absolute atomic E-state index is 0.00628. The number of carbonyl (C=O) groups excluding carboxylic acids is 1. The van der Waals surface area contributed by atoms with Crippen LogP contribution in [0.25, 0.3) is 11.4 Å². The number of hydrogen-bond donors (Lipinski definition) is 1. The third-order valence-electron chi connectivity index (χ3n) is 5.46. The summed E-state index contributed by atoms with van der Waals surface area (Å²) in [6.45, 7) is 1.38. The molecule has 29 heavy (non-hydrogen) atoms. The zero-order valence-corrected chi connectivity index (χ0v) is 15.9. The van der Waals surface area contributed by atoms with Crippen LogP contribution in [0.15, 0.2) is 48.8 Å². The standard InChI is InChI=1S/C22H22F2N4O/c23-19-10-9-16(20(24)12-19)4-3-15-2-1-11-28(13-15)22(29)18-7-5-17(6-8-18)21-25-14-26-27-21/h5-10,12,14-15H,1-4,11,13H2,(H,25,26,27)/t15-/m1/s1. The Morgan fingerprint density at radius 1 is 1.17 bits per heavy atom. The molecule has 0 unspecified atom stereocenters. The Hall–Kier alpha value is -3.09. The Morgan fingerprint density at radius 3 is 2.72 bits per heavy atom. The first kappa shape index (κ1) is 19.2. The van der Waals surface area contributed by atoms with Crippen LogP contribution in [0.2, 0.25) is 0 Å². The van der Waals surface area contributed by atoms with Crippen molar-refractivity contribution in [1.29, 1.82) is 0 Å². The van der Waals surface area contributed by atoms with Crippen LogP contribution < -0.4 is 0 Å². The Bertz CT molecular complexity index is 973. The van der Waals surface area contributed by atoms with Gasteiger partial charge in [-0.2, -0.15) is 5.10 Å². The van der Waals surface area contributed by atoms with E-state index in [4.69, 9.17) is 0 Å². The number of amides is 1. The van der Waals surface area contributed by atoms with E-state index in [-0.39, 0.29) is 5.91 Å². The van der Waals surface area contributed by atoms with Gasteiger partial charge in [-0.3, -0.25) is 9.89 Å². The van der Waals surface area contributed by atoms with Crippen LogP contribution in [0.4, 0.5) is 8.78 Å². The van der Waals surface area contributed by atoms with Gasteiger partial charge in [-0.15, -0.1) is 0 Å². The highest BCUT2D eigenvalue weighted by Gasteiger charge is 2.24. The number of carbonyl (C=O) groups is 1. The first-order valence-electron chi connectivity index (χ1n) is 9.79. The van der Waals surface area contributed by atoms with Gasteiger partial charge in [0.2, 0.25) is 0 Å². The average molecular weight is 396 g/mol. The van der Waals surface area contributed by atoms with Gasteiger partial charge < -0.3 is 4.90 Å². The fraction of sp³-hybridized carbons (Fsp3) is 0.318. The van der Waals surface area contributed by atoms with E-state index in [0.717, 1.165) is 37.4 Å². The van der Waals surface area contributed by atoms with Crippen molar-refractivity contribution in [2.24, 2.45) is 5.92 Å². The minimum Gasteiger partial charge on any atom is -0.338 e. The topological polar surface area (TPSA) is 61.9 Å². The number of rotatable bonds is 5. The largest absolute Gasteiger partial charge is 0.338 e. The lowest BCUT2D eigenvalue weighted by atomic mass is 9.91. The predicted octanol–water partition coefficient (Wildman–Crippen LogP) is 4.23. The number of hydrogen-bond acceptors (Lipinski definition) is 3. The van der Waals surface area contributed by atoms with Gasteiger partial charge in [-0.05, 0) is 55.4 Å². The maximum absolute atomic E-state index is 13.9.